The van der Waals surface area contributed by atoms with Crippen LogP contribution in [0.3, 0.4) is 0 Å². The quantitative estimate of drug-likeness (QED) is 0.615. The largest absolute Gasteiger partial charge is 0.387 e. The summed E-state index contributed by atoms with van der Waals surface area (Å²) in [5.41, 5.74) is 1.06. The van der Waals surface area contributed by atoms with Crippen molar-refractivity contribution < 1.29 is 29.2 Å². The van der Waals surface area contributed by atoms with Gasteiger partial charge in [-0.05, 0) is 18.1 Å². The second kappa shape index (κ2) is 10.3. The predicted molar refractivity (Wildman–Crippen MR) is 120 cm³/mol. The average Bonchev–Trinajstić information content (AvgIpc) is 2.82. The molecule has 0 aliphatic carbocycles. The standard InChI is InChI=1S/C26H32O6/c1-3-20-24(27)25(28)26(2)23(31-20)14-21(30-16-19-12-8-5-9-13-19)22(32-26)17-29-15-18-10-6-4-7-11-18/h3-13,20-25,27-28H,1,14-17H2,2H3/t20-,21-,22+,23+,24-,25-,26+/m1/s1. The number of benzene rings is 2. The minimum Gasteiger partial charge on any atom is -0.387 e. The smallest absolute Gasteiger partial charge is 0.121 e. The van der Waals surface area contributed by atoms with Crippen LogP contribution in [0.15, 0.2) is 73.3 Å². The number of aliphatic hydroxyl groups is 2. The van der Waals surface area contributed by atoms with E-state index in [-0.39, 0.29) is 6.10 Å². The van der Waals surface area contributed by atoms with E-state index in [0.717, 1.165) is 11.1 Å². The van der Waals surface area contributed by atoms with Gasteiger partial charge < -0.3 is 29.2 Å². The number of hydrogen-bond donors (Lipinski definition) is 2. The van der Waals surface area contributed by atoms with Crippen molar-refractivity contribution in [2.45, 2.75) is 68.8 Å². The van der Waals surface area contributed by atoms with Crippen LogP contribution < -0.4 is 0 Å². The van der Waals surface area contributed by atoms with Crippen molar-refractivity contribution in [1.82, 2.24) is 0 Å². The summed E-state index contributed by atoms with van der Waals surface area (Å²) in [4.78, 5) is 0. The molecule has 0 unspecified atom stereocenters. The van der Waals surface area contributed by atoms with E-state index in [9.17, 15) is 10.2 Å². The topological polar surface area (TPSA) is 77.4 Å². The Morgan fingerprint density at radius 1 is 1.03 bits per heavy atom. The molecule has 4 rings (SSSR count). The molecule has 6 nitrogen and oxygen atoms in total. The molecule has 2 aromatic carbocycles. The molecule has 2 aromatic rings. The van der Waals surface area contributed by atoms with Gasteiger partial charge in [-0.25, -0.2) is 0 Å². The molecule has 2 fully saturated rings. The van der Waals surface area contributed by atoms with Crippen LogP contribution in [0.2, 0.25) is 0 Å². The number of fused-ring (bicyclic) bond motifs is 1. The Hall–Kier alpha value is -2.06. The van der Waals surface area contributed by atoms with Crippen LogP contribution in [0.25, 0.3) is 0 Å². The summed E-state index contributed by atoms with van der Waals surface area (Å²) in [7, 11) is 0. The van der Waals surface area contributed by atoms with Gasteiger partial charge in [-0.1, -0.05) is 66.7 Å². The van der Waals surface area contributed by atoms with Gasteiger partial charge in [-0.15, -0.1) is 6.58 Å². The van der Waals surface area contributed by atoms with Crippen molar-refractivity contribution in [3.63, 3.8) is 0 Å². The minimum atomic E-state index is -1.11. The molecule has 0 amide bonds. The molecule has 0 aromatic heterocycles. The Labute approximate surface area is 189 Å². The van der Waals surface area contributed by atoms with Crippen LogP contribution in [0, 0.1) is 0 Å². The molecule has 6 heteroatoms. The third-order valence-electron chi connectivity index (χ3n) is 6.41. The fourth-order valence-electron chi connectivity index (χ4n) is 4.47. The van der Waals surface area contributed by atoms with Crippen molar-refractivity contribution in [3.05, 3.63) is 84.4 Å². The van der Waals surface area contributed by atoms with E-state index in [1.54, 1.807) is 6.92 Å². The first kappa shape index (κ1) is 23.1. The van der Waals surface area contributed by atoms with Crippen LogP contribution in [0.4, 0.5) is 0 Å². The Bertz CT molecular complexity index is 859. The molecular formula is C26H32O6. The van der Waals surface area contributed by atoms with E-state index < -0.39 is 36.1 Å². The molecule has 0 spiro atoms. The van der Waals surface area contributed by atoms with Gasteiger partial charge in [0.05, 0.1) is 32.0 Å². The molecule has 0 radical (unpaired) electrons. The molecule has 2 N–H and O–H groups in total. The summed E-state index contributed by atoms with van der Waals surface area (Å²) in [6, 6.07) is 19.9. The van der Waals surface area contributed by atoms with Crippen LogP contribution in [-0.2, 0) is 32.2 Å². The lowest BCUT2D eigenvalue weighted by molar-refractivity contribution is -0.325. The Morgan fingerprint density at radius 2 is 1.66 bits per heavy atom. The molecule has 7 atom stereocenters. The molecule has 2 saturated heterocycles. The highest BCUT2D eigenvalue weighted by Gasteiger charge is 2.57. The van der Waals surface area contributed by atoms with Gasteiger partial charge in [0.2, 0.25) is 0 Å². The maximum absolute atomic E-state index is 10.9. The summed E-state index contributed by atoms with van der Waals surface area (Å²) >= 11 is 0. The van der Waals surface area contributed by atoms with E-state index in [2.05, 4.69) is 6.58 Å². The molecule has 0 saturated carbocycles. The first-order valence-corrected chi connectivity index (χ1v) is 11.1. The molecule has 2 heterocycles. The van der Waals surface area contributed by atoms with E-state index in [0.29, 0.717) is 26.2 Å². The number of aliphatic hydroxyl groups excluding tert-OH is 2. The summed E-state index contributed by atoms with van der Waals surface area (Å²) < 4.78 is 24.6. The van der Waals surface area contributed by atoms with Crippen molar-refractivity contribution in [2.75, 3.05) is 6.61 Å². The Balaban J connectivity index is 1.48. The number of ether oxygens (including phenoxy) is 4. The fraction of sp³-hybridized carbons (Fsp3) is 0.462. The average molecular weight is 441 g/mol. The Morgan fingerprint density at radius 3 is 2.28 bits per heavy atom. The van der Waals surface area contributed by atoms with Gasteiger partial charge in [0.1, 0.15) is 30.0 Å². The molecule has 0 bridgehead atoms. The number of hydrogen-bond acceptors (Lipinski definition) is 6. The van der Waals surface area contributed by atoms with Gasteiger partial charge in [-0.2, -0.15) is 0 Å². The monoisotopic (exact) mass is 440 g/mol. The van der Waals surface area contributed by atoms with Crippen LogP contribution >= 0.6 is 0 Å². The lowest BCUT2D eigenvalue weighted by Gasteiger charge is -2.54. The van der Waals surface area contributed by atoms with Gasteiger partial charge in [0.25, 0.3) is 0 Å². The first-order chi connectivity index (χ1) is 15.5. The second-order valence-corrected chi connectivity index (χ2v) is 8.67. The maximum Gasteiger partial charge on any atom is 0.121 e. The van der Waals surface area contributed by atoms with E-state index >= 15 is 0 Å². The van der Waals surface area contributed by atoms with E-state index in [1.165, 1.54) is 6.08 Å². The summed E-state index contributed by atoms with van der Waals surface area (Å²) in [5.74, 6) is 0. The van der Waals surface area contributed by atoms with Gasteiger partial charge >= 0.3 is 0 Å². The van der Waals surface area contributed by atoms with Crippen molar-refractivity contribution in [3.8, 4) is 0 Å². The molecule has 2 aliphatic heterocycles. The SMILES string of the molecule is C=C[C@H]1O[C@H]2C[C@@H](OCc3ccccc3)[C@H](COCc3ccccc3)O[C@]2(C)[C@H](O)[C@@H]1O. The van der Waals surface area contributed by atoms with Gasteiger partial charge in [0, 0.05) is 6.42 Å². The summed E-state index contributed by atoms with van der Waals surface area (Å²) in [5, 5.41) is 21.3. The molecule has 32 heavy (non-hydrogen) atoms. The third-order valence-corrected chi connectivity index (χ3v) is 6.41. The predicted octanol–water partition coefficient (Wildman–Crippen LogP) is 3.01. The van der Waals surface area contributed by atoms with Gasteiger partial charge in [0.15, 0.2) is 0 Å². The highest BCUT2D eigenvalue weighted by molar-refractivity contribution is 5.15. The molecule has 172 valence electrons. The zero-order valence-corrected chi connectivity index (χ0v) is 18.4. The minimum absolute atomic E-state index is 0.294. The second-order valence-electron chi connectivity index (χ2n) is 8.67. The van der Waals surface area contributed by atoms with E-state index in [4.69, 9.17) is 18.9 Å². The van der Waals surface area contributed by atoms with Crippen molar-refractivity contribution in [1.29, 1.82) is 0 Å². The Kier molecular flexibility index (Phi) is 7.40. The molecule has 2 aliphatic rings. The van der Waals surface area contributed by atoms with Crippen LogP contribution in [0.1, 0.15) is 24.5 Å². The fourth-order valence-corrected chi connectivity index (χ4v) is 4.47. The highest BCUT2D eigenvalue weighted by atomic mass is 16.6. The maximum atomic E-state index is 10.9. The van der Waals surface area contributed by atoms with Crippen LogP contribution in [-0.4, -0.2) is 59.0 Å². The first-order valence-electron chi connectivity index (χ1n) is 11.1. The van der Waals surface area contributed by atoms with Crippen molar-refractivity contribution >= 4 is 0 Å². The number of rotatable bonds is 8. The lowest BCUT2D eigenvalue weighted by atomic mass is 9.78. The normalized spacial score (nSPS) is 34.6. The van der Waals surface area contributed by atoms with E-state index in [1.807, 2.05) is 60.7 Å². The lowest BCUT2D eigenvalue weighted by Crippen LogP contribution is -2.70. The highest BCUT2D eigenvalue weighted by Crippen LogP contribution is 2.41. The zero-order valence-electron chi connectivity index (χ0n) is 18.4. The zero-order chi connectivity index (χ0) is 22.6. The summed E-state index contributed by atoms with van der Waals surface area (Å²) in [6.45, 7) is 6.68. The van der Waals surface area contributed by atoms with Crippen LogP contribution in [0.5, 0.6) is 0 Å². The van der Waals surface area contributed by atoms with Gasteiger partial charge in [-0.3, -0.25) is 0 Å². The molecular weight excluding hydrogens is 408 g/mol. The summed E-state index contributed by atoms with van der Waals surface area (Å²) in [6.07, 6.45) is -2.02. The third kappa shape index (κ3) is 4.96. The van der Waals surface area contributed by atoms with Crippen molar-refractivity contribution in [2.24, 2.45) is 0 Å².